The highest BCUT2D eigenvalue weighted by atomic mass is 19.4. The van der Waals surface area contributed by atoms with Gasteiger partial charge < -0.3 is 10.5 Å². The molecule has 2 N–H and O–H groups in total. The van der Waals surface area contributed by atoms with Crippen LogP contribution in [0.1, 0.15) is 11.1 Å². The summed E-state index contributed by atoms with van der Waals surface area (Å²) in [6.07, 6.45) is -4.43. The molecule has 0 aliphatic rings. The van der Waals surface area contributed by atoms with Crippen molar-refractivity contribution in [3.8, 4) is 34.2 Å². The lowest BCUT2D eigenvalue weighted by atomic mass is 9.97. The third-order valence-corrected chi connectivity index (χ3v) is 4.05. The van der Waals surface area contributed by atoms with Gasteiger partial charge in [0, 0.05) is 11.1 Å². The first-order valence-electron chi connectivity index (χ1n) is 7.86. The normalized spacial score (nSPS) is 11.1. The standard InChI is InChI=1S/C20H14F3N3O/c1-27-15-4-2-3-13(9-15)18-10-16(17(11-24)19(25)26-18)12-5-7-14(8-6-12)20(21,22)23/h2-10H,1H3,(H2,25,26). The summed E-state index contributed by atoms with van der Waals surface area (Å²) < 4.78 is 43.6. The molecule has 136 valence electrons. The van der Waals surface area contributed by atoms with E-state index >= 15 is 0 Å². The van der Waals surface area contributed by atoms with Gasteiger partial charge in [0.2, 0.25) is 0 Å². The van der Waals surface area contributed by atoms with Crippen LogP contribution < -0.4 is 10.5 Å². The Balaban J connectivity index is 2.14. The predicted molar refractivity (Wildman–Crippen MR) is 95.8 cm³/mol. The number of anilines is 1. The van der Waals surface area contributed by atoms with Crippen molar-refractivity contribution in [2.75, 3.05) is 12.8 Å². The van der Waals surface area contributed by atoms with Gasteiger partial charge in [-0.2, -0.15) is 18.4 Å². The molecule has 0 fully saturated rings. The number of benzene rings is 2. The van der Waals surface area contributed by atoms with Gasteiger partial charge in [0.15, 0.2) is 0 Å². The quantitative estimate of drug-likeness (QED) is 0.713. The Morgan fingerprint density at radius 1 is 1.04 bits per heavy atom. The first-order chi connectivity index (χ1) is 12.8. The monoisotopic (exact) mass is 369 g/mol. The lowest BCUT2D eigenvalue weighted by molar-refractivity contribution is -0.137. The van der Waals surface area contributed by atoms with Crippen LogP contribution in [0.4, 0.5) is 19.0 Å². The number of halogens is 3. The lowest BCUT2D eigenvalue weighted by Crippen LogP contribution is -2.04. The van der Waals surface area contributed by atoms with E-state index < -0.39 is 11.7 Å². The zero-order valence-corrected chi connectivity index (χ0v) is 14.2. The van der Waals surface area contributed by atoms with Gasteiger partial charge in [-0.3, -0.25) is 0 Å². The van der Waals surface area contributed by atoms with Crippen molar-refractivity contribution in [2.24, 2.45) is 0 Å². The number of alkyl halides is 3. The molecule has 2 aromatic carbocycles. The fourth-order valence-electron chi connectivity index (χ4n) is 2.68. The molecule has 1 heterocycles. The van der Waals surface area contributed by atoms with Crippen molar-refractivity contribution in [1.29, 1.82) is 5.26 Å². The first-order valence-corrected chi connectivity index (χ1v) is 7.86. The topological polar surface area (TPSA) is 71.9 Å². The van der Waals surface area contributed by atoms with Crippen molar-refractivity contribution >= 4 is 5.82 Å². The van der Waals surface area contributed by atoms with Crippen LogP contribution in [0, 0.1) is 11.3 Å². The average molecular weight is 369 g/mol. The second-order valence-electron chi connectivity index (χ2n) is 5.73. The predicted octanol–water partition coefficient (Wildman–Crippen LogP) is 4.90. The maximum Gasteiger partial charge on any atom is 0.416 e. The summed E-state index contributed by atoms with van der Waals surface area (Å²) in [5.41, 5.74) is 7.33. The molecule has 1 aromatic heterocycles. The number of hydrogen-bond donors (Lipinski definition) is 1. The molecule has 3 rings (SSSR count). The van der Waals surface area contributed by atoms with Crippen LogP contribution in [0.5, 0.6) is 5.75 Å². The largest absolute Gasteiger partial charge is 0.497 e. The SMILES string of the molecule is COc1cccc(-c2cc(-c3ccc(C(F)(F)F)cc3)c(C#N)c(N)n2)c1. The third kappa shape index (κ3) is 3.70. The number of nitrogen functional groups attached to an aromatic ring is 1. The first kappa shape index (κ1) is 18.3. The number of nitriles is 1. The second-order valence-corrected chi connectivity index (χ2v) is 5.73. The fraction of sp³-hybridized carbons (Fsp3) is 0.100. The van der Waals surface area contributed by atoms with Gasteiger partial charge >= 0.3 is 6.18 Å². The van der Waals surface area contributed by atoms with E-state index in [0.29, 0.717) is 28.1 Å². The van der Waals surface area contributed by atoms with Gasteiger partial charge in [0.1, 0.15) is 23.2 Å². The number of aromatic nitrogens is 1. The van der Waals surface area contributed by atoms with Crippen molar-refractivity contribution in [1.82, 2.24) is 4.98 Å². The van der Waals surface area contributed by atoms with E-state index in [0.717, 1.165) is 12.1 Å². The van der Waals surface area contributed by atoms with E-state index in [4.69, 9.17) is 10.5 Å². The van der Waals surface area contributed by atoms with Crippen LogP contribution in [-0.4, -0.2) is 12.1 Å². The molecule has 0 aliphatic carbocycles. The van der Waals surface area contributed by atoms with E-state index in [-0.39, 0.29) is 11.4 Å². The molecular formula is C20H14F3N3O. The number of methoxy groups -OCH3 is 1. The Labute approximate surface area is 153 Å². The molecule has 0 saturated heterocycles. The molecule has 3 aromatic rings. The zero-order valence-electron chi connectivity index (χ0n) is 14.2. The molecule has 7 heteroatoms. The van der Waals surface area contributed by atoms with Crippen LogP contribution in [0.3, 0.4) is 0 Å². The molecule has 4 nitrogen and oxygen atoms in total. The van der Waals surface area contributed by atoms with Gasteiger partial charge in [-0.25, -0.2) is 4.98 Å². The molecule has 0 radical (unpaired) electrons. The summed E-state index contributed by atoms with van der Waals surface area (Å²) in [5.74, 6) is 0.626. The summed E-state index contributed by atoms with van der Waals surface area (Å²) in [6, 6.07) is 15.3. The maximum absolute atomic E-state index is 12.8. The van der Waals surface area contributed by atoms with E-state index in [9.17, 15) is 18.4 Å². The van der Waals surface area contributed by atoms with Crippen molar-refractivity contribution in [3.63, 3.8) is 0 Å². The van der Waals surface area contributed by atoms with Crippen molar-refractivity contribution in [3.05, 3.63) is 65.7 Å². The highest BCUT2D eigenvalue weighted by Gasteiger charge is 2.30. The Morgan fingerprint density at radius 3 is 2.33 bits per heavy atom. The summed E-state index contributed by atoms with van der Waals surface area (Å²) in [6.45, 7) is 0. The molecule has 0 bridgehead atoms. The molecule has 0 spiro atoms. The summed E-state index contributed by atoms with van der Waals surface area (Å²) in [7, 11) is 1.54. The van der Waals surface area contributed by atoms with E-state index in [1.165, 1.54) is 19.2 Å². The van der Waals surface area contributed by atoms with Crippen LogP contribution in [0.15, 0.2) is 54.6 Å². The average Bonchev–Trinajstić information content (AvgIpc) is 2.66. The van der Waals surface area contributed by atoms with Gasteiger partial charge in [0.25, 0.3) is 0 Å². The summed E-state index contributed by atoms with van der Waals surface area (Å²) >= 11 is 0. The van der Waals surface area contributed by atoms with E-state index in [2.05, 4.69) is 4.98 Å². The fourth-order valence-corrected chi connectivity index (χ4v) is 2.68. The highest BCUT2D eigenvalue weighted by Crippen LogP contribution is 2.34. The summed E-state index contributed by atoms with van der Waals surface area (Å²) in [5, 5.41) is 9.42. The van der Waals surface area contributed by atoms with E-state index in [1.54, 1.807) is 30.3 Å². The van der Waals surface area contributed by atoms with Crippen LogP contribution in [0.25, 0.3) is 22.4 Å². The molecule has 0 aliphatic heterocycles. The van der Waals surface area contributed by atoms with Gasteiger partial charge in [0.05, 0.1) is 18.4 Å². The Hall–Kier alpha value is -3.53. The van der Waals surface area contributed by atoms with Gasteiger partial charge in [-0.15, -0.1) is 0 Å². The van der Waals surface area contributed by atoms with Gasteiger partial charge in [-0.1, -0.05) is 24.3 Å². The minimum atomic E-state index is -4.43. The number of hydrogen-bond acceptors (Lipinski definition) is 4. The van der Waals surface area contributed by atoms with E-state index in [1.807, 2.05) is 6.07 Å². The Bertz CT molecular complexity index is 1020. The lowest BCUT2D eigenvalue weighted by Gasteiger charge is -2.12. The number of nitrogens with zero attached hydrogens (tertiary/aromatic N) is 2. The second kappa shape index (κ2) is 7.00. The molecule has 0 unspecified atom stereocenters. The van der Waals surface area contributed by atoms with Crippen LogP contribution >= 0.6 is 0 Å². The molecule has 0 saturated carbocycles. The molecule has 0 atom stereocenters. The van der Waals surface area contributed by atoms with Crippen LogP contribution in [-0.2, 0) is 6.18 Å². The number of ether oxygens (including phenoxy) is 1. The molecule has 0 amide bonds. The Kier molecular flexibility index (Phi) is 4.74. The minimum Gasteiger partial charge on any atom is -0.497 e. The minimum absolute atomic E-state index is 0.00715. The van der Waals surface area contributed by atoms with Crippen molar-refractivity contribution < 1.29 is 17.9 Å². The number of nitrogens with two attached hydrogens (primary N) is 1. The van der Waals surface area contributed by atoms with Gasteiger partial charge in [-0.05, 0) is 35.9 Å². The Morgan fingerprint density at radius 2 is 1.74 bits per heavy atom. The molecular weight excluding hydrogens is 355 g/mol. The zero-order chi connectivity index (χ0) is 19.6. The third-order valence-electron chi connectivity index (χ3n) is 4.05. The van der Waals surface area contributed by atoms with Crippen molar-refractivity contribution in [2.45, 2.75) is 6.18 Å². The molecule has 27 heavy (non-hydrogen) atoms. The maximum atomic E-state index is 12.8. The summed E-state index contributed by atoms with van der Waals surface area (Å²) in [4.78, 5) is 4.25. The smallest absolute Gasteiger partial charge is 0.416 e. The number of pyridine rings is 1. The van der Waals surface area contributed by atoms with Crippen LogP contribution in [0.2, 0.25) is 0 Å². The highest BCUT2D eigenvalue weighted by molar-refractivity contribution is 5.80. The number of rotatable bonds is 3.